The zero-order valence-electron chi connectivity index (χ0n) is 16.7. The molecule has 0 saturated heterocycles. The van der Waals surface area contributed by atoms with Crippen molar-refractivity contribution < 1.29 is 0 Å². The number of aromatic amines is 1. The Morgan fingerprint density at radius 1 is 0.645 bits per heavy atom. The van der Waals surface area contributed by atoms with Gasteiger partial charge in [0.1, 0.15) is 0 Å². The molecule has 0 radical (unpaired) electrons. The molecule has 4 heteroatoms. The zero-order valence-corrected chi connectivity index (χ0v) is 17.6. The second kappa shape index (κ2) is 8.17. The first-order valence-electron chi connectivity index (χ1n) is 10.0. The van der Waals surface area contributed by atoms with Gasteiger partial charge < -0.3 is 10.3 Å². The van der Waals surface area contributed by atoms with Crippen molar-refractivity contribution in [1.29, 1.82) is 0 Å². The van der Waals surface area contributed by atoms with E-state index in [4.69, 9.17) is 0 Å². The number of rotatable bonds is 4. The fourth-order valence-electron chi connectivity index (χ4n) is 3.67. The molecule has 0 aliphatic rings. The van der Waals surface area contributed by atoms with Gasteiger partial charge in [0.2, 0.25) is 0 Å². The van der Waals surface area contributed by atoms with Crippen molar-refractivity contribution in [2.75, 3.05) is 5.32 Å². The molecule has 4 aromatic carbocycles. The number of hydrogen-bond acceptors (Lipinski definition) is 3. The number of benzene rings is 4. The van der Waals surface area contributed by atoms with Gasteiger partial charge in [-0.3, -0.25) is 4.79 Å². The SMILES string of the molecule is O=c1cc(-c2ccc(-c3ccc(Nc4ccccc4)cc3)cc2)[nH]c2ccc(S)cc12. The van der Waals surface area contributed by atoms with E-state index in [1.165, 1.54) is 0 Å². The average Bonchev–Trinajstić information content (AvgIpc) is 2.81. The van der Waals surface area contributed by atoms with Crippen molar-refractivity contribution in [2.24, 2.45) is 0 Å². The zero-order chi connectivity index (χ0) is 21.2. The van der Waals surface area contributed by atoms with Crippen molar-refractivity contribution in [3.63, 3.8) is 0 Å². The summed E-state index contributed by atoms with van der Waals surface area (Å²) in [7, 11) is 0. The third-order valence-electron chi connectivity index (χ3n) is 5.29. The molecule has 1 aromatic heterocycles. The molecule has 0 amide bonds. The largest absolute Gasteiger partial charge is 0.356 e. The number of pyridine rings is 1. The maximum atomic E-state index is 12.5. The molecule has 0 unspecified atom stereocenters. The van der Waals surface area contributed by atoms with E-state index in [0.717, 1.165) is 44.2 Å². The Hall–Kier alpha value is -3.76. The minimum atomic E-state index is -0.00905. The number of fused-ring (bicyclic) bond motifs is 1. The van der Waals surface area contributed by atoms with Gasteiger partial charge in [-0.2, -0.15) is 0 Å². The van der Waals surface area contributed by atoms with E-state index in [9.17, 15) is 4.79 Å². The van der Waals surface area contributed by atoms with E-state index in [1.54, 1.807) is 12.1 Å². The van der Waals surface area contributed by atoms with Crippen LogP contribution in [0.5, 0.6) is 0 Å². The first-order chi connectivity index (χ1) is 15.2. The van der Waals surface area contributed by atoms with Crippen LogP contribution in [0.15, 0.2) is 113 Å². The molecule has 0 aliphatic heterocycles. The Morgan fingerprint density at radius 3 is 1.97 bits per heavy atom. The van der Waals surface area contributed by atoms with Crippen molar-refractivity contribution >= 4 is 34.9 Å². The first-order valence-corrected chi connectivity index (χ1v) is 10.5. The van der Waals surface area contributed by atoms with Crippen LogP contribution in [0, 0.1) is 0 Å². The molecule has 0 aliphatic carbocycles. The van der Waals surface area contributed by atoms with E-state index in [1.807, 2.05) is 54.6 Å². The summed E-state index contributed by atoms with van der Waals surface area (Å²) in [5.74, 6) is 0. The smallest absolute Gasteiger partial charge is 0.190 e. The number of H-pyrrole nitrogens is 1. The molecule has 5 aromatic rings. The number of para-hydroxylation sites is 1. The highest BCUT2D eigenvalue weighted by Gasteiger charge is 2.06. The Labute approximate surface area is 185 Å². The summed E-state index contributed by atoms with van der Waals surface area (Å²) in [6.45, 7) is 0. The molecule has 31 heavy (non-hydrogen) atoms. The lowest BCUT2D eigenvalue weighted by molar-refractivity contribution is 1.36. The quantitative estimate of drug-likeness (QED) is 0.277. The fourth-order valence-corrected chi connectivity index (χ4v) is 3.87. The third-order valence-corrected chi connectivity index (χ3v) is 5.57. The van der Waals surface area contributed by atoms with Gasteiger partial charge in [0.25, 0.3) is 0 Å². The summed E-state index contributed by atoms with van der Waals surface area (Å²) in [6.07, 6.45) is 0. The topological polar surface area (TPSA) is 44.9 Å². The van der Waals surface area contributed by atoms with Crippen LogP contribution >= 0.6 is 12.6 Å². The van der Waals surface area contributed by atoms with Crippen LogP contribution in [0.1, 0.15) is 0 Å². The molecule has 150 valence electrons. The van der Waals surface area contributed by atoms with Crippen molar-refractivity contribution in [3.05, 3.63) is 113 Å². The summed E-state index contributed by atoms with van der Waals surface area (Å²) < 4.78 is 0. The normalized spacial score (nSPS) is 10.9. The second-order valence-corrected chi connectivity index (χ2v) is 7.94. The van der Waals surface area contributed by atoms with Gasteiger partial charge in [-0.05, 0) is 59.2 Å². The summed E-state index contributed by atoms with van der Waals surface area (Å²) in [6, 6.07) is 33.9. The number of aromatic nitrogens is 1. The minimum Gasteiger partial charge on any atom is -0.356 e. The number of hydrogen-bond donors (Lipinski definition) is 3. The molecule has 0 bridgehead atoms. The molecule has 0 saturated carbocycles. The first kappa shape index (κ1) is 19.2. The Balaban J connectivity index is 1.39. The number of thiol groups is 1. The van der Waals surface area contributed by atoms with E-state index in [-0.39, 0.29) is 5.43 Å². The minimum absolute atomic E-state index is 0.00905. The van der Waals surface area contributed by atoms with Crippen LogP contribution in [0.4, 0.5) is 11.4 Å². The van der Waals surface area contributed by atoms with Gasteiger partial charge in [-0.1, -0.05) is 54.6 Å². The molecule has 2 N–H and O–H groups in total. The summed E-state index contributed by atoms with van der Waals surface area (Å²) in [4.78, 5) is 16.7. The summed E-state index contributed by atoms with van der Waals surface area (Å²) in [5, 5.41) is 4.05. The lowest BCUT2D eigenvalue weighted by atomic mass is 10.0. The Kier molecular flexibility index (Phi) is 5.06. The van der Waals surface area contributed by atoms with Crippen molar-refractivity contribution in [2.45, 2.75) is 4.90 Å². The summed E-state index contributed by atoms with van der Waals surface area (Å²) in [5.41, 5.74) is 6.95. The molecule has 0 atom stereocenters. The van der Waals surface area contributed by atoms with E-state index in [2.05, 4.69) is 59.3 Å². The summed E-state index contributed by atoms with van der Waals surface area (Å²) >= 11 is 4.32. The van der Waals surface area contributed by atoms with Gasteiger partial charge in [-0.25, -0.2) is 0 Å². The Morgan fingerprint density at radius 2 is 1.26 bits per heavy atom. The van der Waals surface area contributed by atoms with E-state index < -0.39 is 0 Å². The molecule has 5 rings (SSSR count). The van der Waals surface area contributed by atoms with Gasteiger partial charge in [0.15, 0.2) is 5.43 Å². The average molecular weight is 421 g/mol. The van der Waals surface area contributed by atoms with Crippen LogP contribution in [-0.4, -0.2) is 4.98 Å². The highest BCUT2D eigenvalue weighted by Crippen LogP contribution is 2.26. The predicted molar refractivity (Wildman–Crippen MR) is 132 cm³/mol. The monoisotopic (exact) mass is 420 g/mol. The third kappa shape index (κ3) is 4.11. The van der Waals surface area contributed by atoms with Crippen LogP contribution in [0.25, 0.3) is 33.3 Å². The van der Waals surface area contributed by atoms with Crippen LogP contribution in [0.3, 0.4) is 0 Å². The van der Waals surface area contributed by atoms with Gasteiger partial charge >= 0.3 is 0 Å². The Bertz CT molecular complexity index is 1410. The molecule has 1 heterocycles. The van der Waals surface area contributed by atoms with Crippen molar-refractivity contribution in [1.82, 2.24) is 4.98 Å². The van der Waals surface area contributed by atoms with Crippen LogP contribution in [0.2, 0.25) is 0 Å². The van der Waals surface area contributed by atoms with Gasteiger partial charge in [0.05, 0.1) is 0 Å². The van der Waals surface area contributed by atoms with E-state index in [0.29, 0.717) is 5.39 Å². The van der Waals surface area contributed by atoms with E-state index >= 15 is 0 Å². The molecular formula is C27H20N2OS. The van der Waals surface area contributed by atoms with Crippen molar-refractivity contribution in [3.8, 4) is 22.4 Å². The fraction of sp³-hybridized carbons (Fsp3) is 0. The molecule has 0 spiro atoms. The second-order valence-electron chi connectivity index (χ2n) is 7.42. The van der Waals surface area contributed by atoms with Gasteiger partial charge in [0, 0.05) is 38.9 Å². The lowest BCUT2D eigenvalue weighted by Crippen LogP contribution is -2.02. The standard InChI is InChI=1S/C27H20N2OS/c30-27-17-26(29-25-15-14-23(31)16-24(25)27)20-8-6-18(7-9-20)19-10-12-22(13-11-19)28-21-4-2-1-3-5-21/h1-17,28,31H,(H,29,30). The van der Waals surface area contributed by atoms with Gasteiger partial charge in [-0.15, -0.1) is 12.6 Å². The number of nitrogens with one attached hydrogen (secondary N) is 2. The highest BCUT2D eigenvalue weighted by atomic mass is 32.1. The predicted octanol–water partition coefficient (Wildman–Crippen LogP) is 6.89. The maximum Gasteiger partial charge on any atom is 0.190 e. The molecular weight excluding hydrogens is 400 g/mol. The van der Waals surface area contributed by atoms with Crippen LogP contribution < -0.4 is 10.7 Å². The lowest BCUT2D eigenvalue weighted by Gasteiger charge is -2.09. The highest BCUT2D eigenvalue weighted by molar-refractivity contribution is 7.80. The maximum absolute atomic E-state index is 12.5. The molecule has 3 nitrogen and oxygen atoms in total. The van der Waals surface area contributed by atoms with Crippen LogP contribution in [-0.2, 0) is 0 Å². The number of anilines is 2. The molecule has 0 fully saturated rings.